The van der Waals surface area contributed by atoms with Gasteiger partial charge in [0, 0.05) is 62.7 Å². The number of aliphatic hydroxyl groups excluding tert-OH is 1. The van der Waals surface area contributed by atoms with E-state index in [-0.39, 0.29) is 5.92 Å². The van der Waals surface area contributed by atoms with Gasteiger partial charge in [-0.05, 0) is 47.9 Å². The number of rotatable bonds is 4. The van der Waals surface area contributed by atoms with Gasteiger partial charge in [0.25, 0.3) is 0 Å². The van der Waals surface area contributed by atoms with Crippen LogP contribution in [0.4, 0.5) is 11.5 Å². The summed E-state index contributed by atoms with van der Waals surface area (Å²) in [5.41, 5.74) is 4.81. The van der Waals surface area contributed by atoms with Crippen LogP contribution in [0.2, 0.25) is 0 Å². The summed E-state index contributed by atoms with van der Waals surface area (Å²) in [6.45, 7) is 6.53. The van der Waals surface area contributed by atoms with Crippen LogP contribution in [-0.4, -0.2) is 76.7 Å². The van der Waals surface area contributed by atoms with Gasteiger partial charge in [0.2, 0.25) is 0 Å². The second kappa shape index (κ2) is 9.36. The average Bonchev–Trinajstić information content (AvgIpc) is 2.92. The Balaban J connectivity index is 1.23. The van der Waals surface area contributed by atoms with E-state index in [1.165, 1.54) is 0 Å². The Labute approximate surface area is 198 Å². The fraction of sp³-hybridized carbons (Fsp3) is 0.542. The van der Waals surface area contributed by atoms with Gasteiger partial charge in [-0.2, -0.15) is 10.2 Å². The summed E-state index contributed by atoms with van der Waals surface area (Å²) in [4.78, 5) is 4.54. The zero-order chi connectivity index (χ0) is 22.9. The second-order valence-electron chi connectivity index (χ2n) is 9.37. The molecule has 0 saturated carbocycles. The number of piperidine rings is 1. The zero-order valence-corrected chi connectivity index (χ0v) is 19.2. The van der Waals surface area contributed by atoms with Crippen molar-refractivity contribution in [1.82, 2.24) is 30.9 Å². The highest BCUT2D eigenvalue weighted by Crippen LogP contribution is 2.34. The first-order chi connectivity index (χ1) is 16.8. The van der Waals surface area contributed by atoms with Crippen molar-refractivity contribution in [3.8, 4) is 0 Å². The maximum absolute atomic E-state index is 11.2. The normalized spacial score (nSPS) is 22.0. The van der Waals surface area contributed by atoms with E-state index in [2.05, 4.69) is 58.9 Å². The van der Waals surface area contributed by atoms with Gasteiger partial charge in [0.15, 0.2) is 5.82 Å². The molecule has 2 unspecified atom stereocenters. The first-order valence-corrected chi connectivity index (χ1v) is 12.2. The molecular formula is C24H30N8O2. The maximum atomic E-state index is 11.2. The van der Waals surface area contributed by atoms with E-state index in [0.717, 1.165) is 98.9 Å². The summed E-state index contributed by atoms with van der Waals surface area (Å²) in [6.07, 6.45) is 2.14. The lowest BCUT2D eigenvalue weighted by molar-refractivity contribution is 0.0930. The molecule has 3 aliphatic rings. The summed E-state index contributed by atoms with van der Waals surface area (Å²) in [5, 5.41) is 37.1. The van der Waals surface area contributed by atoms with Gasteiger partial charge in [0.05, 0.1) is 24.6 Å². The Morgan fingerprint density at radius 2 is 1.94 bits per heavy atom. The third-order valence-corrected chi connectivity index (χ3v) is 7.23. The van der Waals surface area contributed by atoms with E-state index in [1.807, 2.05) is 6.07 Å². The summed E-state index contributed by atoms with van der Waals surface area (Å²) in [5.74, 6) is 0.881. The minimum atomic E-state index is -0.656. The molecule has 0 bridgehead atoms. The van der Waals surface area contributed by atoms with Crippen LogP contribution < -0.4 is 15.1 Å². The molecule has 5 heterocycles. The van der Waals surface area contributed by atoms with Crippen molar-refractivity contribution in [2.24, 2.45) is 5.92 Å². The van der Waals surface area contributed by atoms with Crippen LogP contribution in [-0.2, 0) is 17.7 Å². The van der Waals surface area contributed by atoms with Gasteiger partial charge >= 0.3 is 0 Å². The summed E-state index contributed by atoms with van der Waals surface area (Å²) >= 11 is 0. The maximum Gasteiger partial charge on any atom is 0.162 e. The summed E-state index contributed by atoms with van der Waals surface area (Å²) in [7, 11) is 0. The lowest BCUT2D eigenvalue weighted by Gasteiger charge is -2.36. The Kier molecular flexibility index (Phi) is 5.94. The van der Waals surface area contributed by atoms with Gasteiger partial charge in [0.1, 0.15) is 11.6 Å². The number of aromatic nitrogens is 5. The molecule has 0 spiro atoms. The number of ether oxygens (including phenoxy) is 1. The van der Waals surface area contributed by atoms with Crippen LogP contribution in [0.5, 0.6) is 0 Å². The Morgan fingerprint density at radius 1 is 1.03 bits per heavy atom. The number of aliphatic hydroxyl groups is 1. The van der Waals surface area contributed by atoms with Crippen molar-refractivity contribution in [3.05, 3.63) is 41.2 Å². The molecule has 34 heavy (non-hydrogen) atoms. The molecule has 3 aliphatic heterocycles. The lowest BCUT2D eigenvalue weighted by Crippen LogP contribution is -2.39. The molecule has 3 aromatic rings. The summed E-state index contributed by atoms with van der Waals surface area (Å²) < 4.78 is 5.48. The molecule has 1 aromatic carbocycles. The predicted octanol–water partition coefficient (Wildman–Crippen LogP) is 1.25. The topological polar surface area (TPSA) is 112 Å². The monoisotopic (exact) mass is 462 g/mol. The van der Waals surface area contributed by atoms with Crippen LogP contribution in [0, 0.1) is 5.92 Å². The second-order valence-corrected chi connectivity index (χ2v) is 9.37. The van der Waals surface area contributed by atoms with Crippen LogP contribution in [0.3, 0.4) is 0 Å². The van der Waals surface area contributed by atoms with Gasteiger partial charge in [-0.3, -0.25) is 0 Å². The minimum Gasteiger partial charge on any atom is -0.386 e. The molecule has 2 atom stereocenters. The van der Waals surface area contributed by atoms with Crippen molar-refractivity contribution in [2.75, 3.05) is 55.7 Å². The largest absolute Gasteiger partial charge is 0.386 e. The number of fused-ring (bicyclic) bond motifs is 2. The molecule has 0 aliphatic carbocycles. The molecule has 0 radical (unpaired) electrons. The van der Waals surface area contributed by atoms with E-state index in [4.69, 9.17) is 4.74 Å². The SMILES string of the molecule is OC(c1cc2c(nn1)CCNC2)C1CCCN(c2nnnc3cc(N4CCOCC4)ccc23)C1. The Bertz CT molecular complexity index is 1170. The number of hydrogen-bond acceptors (Lipinski definition) is 10. The molecule has 10 nitrogen and oxygen atoms in total. The number of nitrogens with one attached hydrogen (secondary N) is 1. The third-order valence-electron chi connectivity index (χ3n) is 7.23. The first kappa shape index (κ1) is 21.6. The Hall–Kier alpha value is -2.95. The van der Waals surface area contributed by atoms with E-state index < -0.39 is 6.10 Å². The number of anilines is 2. The van der Waals surface area contributed by atoms with Crippen molar-refractivity contribution < 1.29 is 9.84 Å². The molecule has 10 heteroatoms. The number of hydrogen-bond donors (Lipinski definition) is 2. The minimum absolute atomic E-state index is 0.0512. The van der Waals surface area contributed by atoms with Crippen molar-refractivity contribution in [1.29, 1.82) is 0 Å². The van der Waals surface area contributed by atoms with Crippen LogP contribution in [0.15, 0.2) is 24.3 Å². The number of nitrogens with zero attached hydrogens (tertiary/aromatic N) is 7. The van der Waals surface area contributed by atoms with E-state index in [9.17, 15) is 5.11 Å². The molecular weight excluding hydrogens is 432 g/mol. The van der Waals surface area contributed by atoms with E-state index in [1.54, 1.807) is 0 Å². The Morgan fingerprint density at radius 3 is 2.85 bits per heavy atom. The number of morpholine rings is 1. The molecule has 178 valence electrons. The molecule has 2 fully saturated rings. The highest BCUT2D eigenvalue weighted by atomic mass is 16.5. The molecule has 0 amide bonds. The van der Waals surface area contributed by atoms with Crippen molar-refractivity contribution >= 4 is 22.4 Å². The quantitative estimate of drug-likeness (QED) is 0.587. The first-order valence-electron chi connectivity index (χ1n) is 12.2. The van der Waals surface area contributed by atoms with Gasteiger partial charge in [-0.25, -0.2) is 0 Å². The standard InChI is InChI=1S/C24H30N8O2/c33-23(22-12-17-14-25-6-5-20(17)26-27-22)16-2-1-7-32(15-16)24-19-4-3-18(13-21(19)28-30-29-24)31-8-10-34-11-9-31/h3-4,12-13,16,23,25,33H,1-2,5-11,14-15H2. The molecule has 2 aromatic heterocycles. The van der Waals surface area contributed by atoms with Gasteiger partial charge in [-0.1, -0.05) is 0 Å². The van der Waals surface area contributed by atoms with E-state index >= 15 is 0 Å². The highest BCUT2D eigenvalue weighted by molar-refractivity contribution is 5.91. The van der Waals surface area contributed by atoms with Crippen LogP contribution in [0.25, 0.3) is 10.9 Å². The van der Waals surface area contributed by atoms with Crippen LogP contribution in [0.1, 0.15) is 35.9 Å². The van der Waals surface area contributed by atoms with Gasteiger partial charge < -0.3 is 25.0 Å². The fourth-order valence-electron chi connectivity index (χ4n) is 5.32. The van der Waals surface area contributed by atoms with Crippen LogP contribution >= 0.6 is 0 Å². The fourth-order valence-corrected chi connectivity index (χ4v) is 5.32. The molecule has 2 saturated heterocycles. The molecule has 6 rings (SSSR count). The van der Waals surface area contributed by atoms with Crippen molar-refractivity contribution in [3.63, 3.8) is 0 Å². The van der Waals surface area contributed by atoms with E-state index in [0.29, 0.717) is 12.2 Å². The highest BCUT2D eigenvalue weighted by Gasteiger charge is 2.30. The van der Waals surface area contributed by atoms with Gasteiger partial charge in [-0.15, -0.1) is 10.2 Å². The smallest absolute Gasteiger partial charge is 0.162 e. The lowest BCUT2D eigenvalue weighted by atomic mass is 9.90. The molecule has 2 N–H and O–H groups in total. The average molecular weight is 463 g/mol. The zero-order valence-electron chi connectivity index (χ0n) is 19.2. The third kappa shape index (κ3) is 4.17. The van der Waals surface area contributed by atoms with Crippen molar-refractivity contribution in [2.45, 2.75) is 31.9 Å². The predicted molar refractivity (Wildman–Crippen MR) is 128 cm³/mol. The number of benzene rings is 1. The summed E-state index contributed by atoms with van der Waals surface area (Å²) in [6, 6.07) is 8.34.